The van der Waals surface area contributed by atoms with Crippen LogP contribution in [0.1, 0.15) is 26.7 Å². The molecule has 4 N–H and O–H groups in total. The van der Waals surface area contributed by atoms with E-state index in [1.54, 1.807) is 0 Å². The SMILES string of the molecule is CCC(CC)N(N)N. The van der Waals surface area contributed by atoms with E-state index in [1.165, 1.54) is 5.12 Å². The van der Waals surface area contributed by atoms with E-state index in [-0.39, 0.29) is 0 Å². The first kappa shape index (κ1) is 7.88. The first-order valence-electron chi connectivity index (χ1n) is 3.01. The molecule has 0 unspecified atom stereocenters. The summed E-state index contributed by atoms with van der Waals surface area (Å²) in [4.78, 5) is 0. The van der Waals surface area contributed by atoms with Gasteiger partial charge in [-0.05, 0) is 12.8 Å². The standard InChI is InChI=1S/C5H15N3/c1-3-5(4-2)8(6)7/h5H,3-4,6-7H2,1-2H3. The van der Waals surface area contributed by atoms with Crippen LogP contribution in [0.4, 0.5) is 0 Å². The second-order valence-electron chi connectivity index (χ2n) is 1.92. The molecule has 0 aromatic heterocycles. The van der Waals surface area contributed by atoms with Gasteiger partial charge in [0.05, 0.1) is 0 Å². The lowest BCUT2D eigenvalue weighted by Gasteiger charge is -2.19. The first-order valence-corrected chi connectivity index (χ1v) is 3.01. The molecule has 0 radical (unpaired) electrons. The van der Waals surface area contributed by atoms with Gasteiger partial charge in [-0.25, -0.2) is 0 Å². The Hall–Kier alpha value is -0.120. The van der Waals surface area contributed by atoms with Gasteiger partial charge in [0.25, 0.3) is 0 Å². The van der Waals surface area contributed by atoms with Crippen LogP contribution in [0.3, 0.4) is 0 Å². The largest absolute Gasteiger partial charge is 0.255 e. The van der Waals surface area contributed by atoms with Crippen molar-refractivity contribution >= 4 is 0 Å². The van der Waals surface area contributed by atoms with E-state index >= 15 is 0 Å². The summed E-state index contributed by atoms with van der Waals surface area (Å²) < 4.78 is 0. The van der Waals surface area contributed by atoms with Crippen LogP contribution in [0, 0.1) is 0 Å². The van der Waals surface area contributed by atoms with Crippen molar-refractivity contribution in [3.63, 3.8) is 0 Å². The summed E-state index contributed by atoms with van der Waals surface area (Å²) in [6, 6.07) is 0.343. The summed E-state index contributed by atoms with van der Waals surface area (Å²) in [6.45, 7) is 4.14. The molecule has 0 spiro atoms. The Kier molecular flexibility index (Phi) is 3.77. The predicted octanol–water partition coefficient (Wildman–Crippen LogP) is 0.224. The van der Waals surface area contributed by atoms with E-state index in [2.05, 4.69) is 13.8 Å². The number of nitrogens with zero attached hydrogens (tertiary/aromatic N) is 1. The van der Waals surface area contributed by atoms with Gasteiger partial charge in [-0.15, -0.1) is 0 Å². The number of hydrazine groups is 2. The minimum Gasteiger partial charge on any atom is -0.255 e. The van der Waals surface area contributed by atoms with E-state index in [0.717, 1.165) is 12.8 Å². The third kappa shape index (κ3) is 2.26. The van der Waals surface area contributed by atoms with E-state index < -0.39 is 0 Å². The molecule has 0 saturated carbocycles. The highest BCUT2D eigenvalue weighted by molar-refractivity contribution is 4.56. The molecule has 0 rings (SSSR count). The third-order valence-corrected chi connectivity index (χ3v) is 1.36. The van der Waals surface area contributed by atoms with Gasteiger partial charge < -0.3 is 0 Å². The molecule has 50 valence electrons. The number of hydrogen-bond donors (Lipinski definition) is 2. The van der Waals surface area contributed by atoms with Gasteiger partial charge in [-0.1, -0.05) is 13.8 Å². The van der Waals surface area contributed by atoms with Gasteiger partial charge >= 0.3 is 0 Å². The highest BCUT2D eigenvalue weighted by Crippen LogP contribution is 1.98. The molecule has 0 aromatic rings. The molecule has 0 saturated heterocycles. The second kappa shape index (κ2) is 3.83. The molecule has 3 heteroatoms. The first-order chi connectivity index (χ1) is 3.72. The van der Waals surface area contributed by atoms with Crippen LogP contribution in [0.5, 0.6) is 0 Å². The van der Waals surface area contributed by atoms with Crippen LogP contribution < -0.4 is 11.7 Å². The fraction of sp³-hybridized carbons (Fsp3) is 1.00. The van der Waals surface area contributed by atoms with Crippen molar-refractivity contribution in [3.8, 4) is 0 Å². The van der Waals surface area contributed by atoms with Crippen molar-refractivity contribution in [2.45, 2.75) is 32.7 Å². The Morgan fingerprint density at radius 2 is 1.62 bits per heavy atom. The Labute approximate surface area is 50.6 Å². The Morgan fingerprint density at radius 1 is 1.25 bits per heavy atom. The normalized spacial score (nSPS) is 11.2. The van der Waals surface area contributed by atoms with Gasteiger partial charge in [-0.2, -0.15) is 5.12 Å². The third-order valence-electron chi connectivity index (χ3n) is 1.36. The molecule has 0 aliphatic carbocycles. The van der Waals surface area contributed by atoms with Crippen molar-refractivity contribution < 1.29 is 0 Å². The maximum Gasteiger partial charge on any atom is 0.0389 e. The Balaban J connectivity index is 3.35. The fourth-order valence-electron chi connectivity index (χ4n) is 0.710. The van der Waals surface area contributed by atoms with Gasteiger partial charge in [0, 0.05) is 6.04 Å². The van der Waals surface area contributed by atoms with Gasteiger partial charge in [-0.3, -0.25) is 11.7 Å². The van der Waals surface area contributed by atoms with Crippen molar-refractivity contribution in [1.29, 1.82) is 0 Å². The van der Waals surface area contributed by atoms with Crippen molar-refractivity contribution in [2.24, 2.45) is 11.7 Å². The number of rotatable bonds is 3. The molecule has 0 fully saturated rings. The molecule has 0 heterocycles. The highest BCUT2D eigenvalue weighted by atomic mass is 15.6. The minimum atomic E-state index is 0.343. The van der Waals surface area contributed by atoms with Crippen LogP contribution in [-0.2, 0) is 0 Å². The molecular weight excluding hydrogens is 102 g/mol. The molecule has 0 aliphatic rings. The molecule has 0 aromatic carbocycles. The lowest BCUT2D eigenvalue weighted by molar-refractivity contribution is 0.194. The van der Waals surface area contributed by atoms with Crippen molar-refractivity contribution in [1.82, 2.24) is 5.12 Å². The lowest BCUT2D eigenvalue weighted by atomic mass is 10.2. The molecule has 0 amide bonds. The summed E-state index contributed by atoms with van der Waals surface area (Å²) >= 11 is 0. The monoisotopic (exact) mass is 117 g/mol. The molecule has 0 aliphatic heterocycles. The second-order valence-corrected chi connectivity index (χ2v) is 1.92. The van der Waals surface area contributed by atoms with E-state index in [0.29, 0.717) is 6.04 Å². The average Bonchev–Trinajstić information content (AvgIpc) is 1.69. The minimum absolute atomic E-state index is 0.343. The van der Waals surface area contributed by atoms with Gasteiger partial charge in [0.2, 0.25) is 0 Å². The predicted molar refractivity (Wildman–Crippen MR) is 34.6 cm³/mol. The summed E-state index contributed by atoms with van der Waals surface area (Å²) in [5, 5.41) is 1.28. The lowest BCUT2D eigenvalue weighted by Crippen LogP contribution is -2.45. The molecule has 3 nitrogen and oxygen atoms in total. The van der Waals surface area contributed by atoms with E-state index in [9.17, 15) is 0 Å². The molecule has 0 atom stereocenters. The summed E-state index contributed by atoms with van der Waals surface area (Å²) in [7, 11) is 0. The molecule has 0 bridgehead atoms. The number of hydrogen-bond acceptors (Lipinski definition) is 3. The van der Waals surface area contributed by atoms with Gasteiger partial charge in [0.1, 0.15) is 0 Å². The van der Waals surface area contributed by atoms with E-state index in [1.807, 2.05) is 0 Å². The Bertz CT molecular complexity index is 49.6. The zero-order chi connectivity index (χ0) is 6.57. The summed E-state index contributed by atoms with van der Waals surface area (Å²) in [5.41, 5.74) is 0. The zero-order valence-corrected chi connectivity index (χ0v) is 5.59. The quantitative estimate of drug-likeness (QED) is 0.411. The van der Waals surface area contributed by atoms with Crippen LogP contribution in [0.25, 0.3) is 0 Å². The number of nitrogens with two attached hydrogens (primary N) is 2. The van der Waals surface area contributed by atoms with E-state index in [4.69, 9.17) is 11.7 Å². The average molecular weight is 117 g/mol. The van der Waals surface area contributed by atoms with Crippen LogP contribution in [0.15, 0.2) is 0 Å². The van der Waals surface area contributed by atoms with Crippen LogP contribution in [0.2, 0.25) is 0 Å². The Morgan fingerprint density at radius 3 is 1.62 bits per heavy atom. The summed E-state index contributed by atoms with van der Waals surface area (Å²) in [6.07, 6.45) is 2.03. The maximum atomic E-state index is 5.27. The fourth-order valence-corrected chi connectivity index (χ4v) is 0.710. The zero-order valence-electron chi connectivity index (χ0n) is 5.59. The summed E-state index contributed by atoms with van der Waals surface area (Å²) in [5.74, 6) is 10.5. The van der Waals surface area contributed by atoms with Crippen LogP contribution >= 0.6 is 0 Å². The highest BCUT2D eigenvalue weighted by Gasteiger charge is 2.04. The topological polar surface area (TPSA) is 55.3 Å². The van der Waals surface area contributed by atoms with Gasteiger partial charge in [0.15, 0.2) is 0 Å². The molecular formula is C5H15N3. The van der Waals surface area contributed by atoms with Crippen molar-refractivity contribution in [2.75, 3.05) is 0 Å². The van der Waals surface area contributed by atoms with Crippen LogP contribution in [-0.4, -0.2) is 11.2 Å². The van der Waals surface area contributed by atoms with Crippen molar-refractivity contribution in [3.05, 3.63) is 0 Å². The maximum absolute atomic E-state index is 5.27. The smallest absolute Gasteiger partial charge is 0.0389 e. The molecule has 8 heavy (non-hydrogen) atoms.